The topological polar surface area (TPSA) is 147 Å². The molecule has 0 bridgehead atoms. The zero-order chi connectivity index (χ0) is 10.7. The molecule has 0 aliphatic carbocycles. The fourth-order valence-corrected chi connectivity index (χ4v) is 0.740. The van der Waals surface area contributed by atoms with Crippen LogP contribution in [-0.4, -0.2) is 17.2 Å². The van der Waals surface area contributed by atoms with Crippen LogP contribution in [0.5, 0.6) is 0 Å². The molecule has 0 amide bonds. The summed E-state index contributed by atoms with van der Waals surface area (Å²) in [6.45, 7) is 1.84. The van der Waals surface area contributed by atoms with Gasteiger partial charge in [-0.3, -0.25) is 22.0 Å². The molecule has 0 heterocycles. The van der Waals surface area contributed by atoms with Gasteiger partial charge in [-0.2, -0.15) is 0 Å². The van der Waals surface area contributed by atoms with Crippen LogP contribution in [0.3, 0.4) is 0 Å². The van der Waals surface area contributed by atoms with E-state index in [4.69, 9.17) is 28.7 Å². The van der Waals surface area contributed by atoms with E-state index < -0.39 is 17.2 Å². The van der Waals surface area contributed by atoms with Crippen LogP contribution in [0.1, 0.15) is 26.2 Å². The van der Waals surface area contributed by atoms with E-state index in [9.17, 15) is 4.79 Å². The van der Waals surface area contributed by atoms with Crippen LogP contribution in [0.2, 0.25) is 0 Å². The lowest BCUT2D eigenvalue weighted by molar-refractivity contribution is -0.124. The molecule has 0 saturated heterocycles. The second-order valence-electron chi connectivity index (χ2n) is 3.44. The summed E-state index contributed by atoms with van der Waals surface area (Å²) in [5, 5.41) is 0. The summed E-state index contributed by atoms with van der Waals surface area (Å²) in [5.74, 6) is -2.22. The van der Waals surface area contributed by atoms with Crippen molar-refractivity contribution < 1.29 is 4.79 Å². The minimum atomic E-state index is -1.77. The van der Waals surface area contributed by atoms with Crippen molar-refractivity contribution in [2.24, 2.45) is 28.7 Å². The molecule has 6 nitrogen and oxygen atoms in total. The molecule has 0 atom stereocenters. The molecule has 0 aliphatic heterocycles. The van der Waals surface area contributed by atoms with Crippen LogP contribution in [0, 0.1) is 0 Å². The van der Waals surface area contributed by atoms with Crippen LogP contribution in [0.15, 0.2) is 0 Å². The van der Waals surface area contributed by atoms with E-state index in [1.807, 2.05) is 6.92 Å². The quantitative estimate of drug-likeness (QED) is 0.313. The van der Waals surface area contributed by atoms with Gasteiger partial charge in [0.05, 0.1) is 5.66 Å². The Labute approximate surface area is 77.8 Å². The van der Waals surface area contributed by atoms with E-state index in [2.05, 4.69) is 0 Å². The number of carbonyl (C=O) groups is 1. The molecule has 0 aromatic rings. The summed E-state index contributed by atoms with van der Waals surface area (Å²) in [6, 6.07) is 0. The zero-order valence-corrected chi connectivity index (χ0v) is 7.92. The van der Waals surface area contributed by atoms with Gasteiger partial charge >= 0.3 is 0 Å². The fourth-order valence-electron chi connectivity index (χ4n) is 0.740. The van der Waals surface area contributed by atoms with E-state index in [-0.39, 0.29) is 6.42 Å². The van der Waals surface area contributed by atoms with E-state index in [0.29, 0.717) is 12.8 Å². The molecule has 10 N–H and O–H groups in total. The van der Waals surface area contributed by atoms with Gasteiger partial charge in [-0.25, -0.2) is 0 Å². The number of hydrogen-bond donors (Lipinski definition) is 5. The first-order valence-corrected chi connectivity index (χ1v) is 4.17. The minimum Gasteiger partial charge on any atom is -0.313 e. The molecule has 0 fully saturated rings. The number of nitrogens with two attached hydrogens (primary N) is 5. The van der Waals surface area contributed by atoms with E-state index in [0.717, 1.165) is 0 Å². The largest absolute Gasteiger partial charge is 0.313 e. The highest BCUT2D eigenvalue weighted by Gasteiger charge is 2.26. The lowest BCUT2D eigenvalue weighted by Gasteiger charge is -2.24. The molecule has 0 aromatic carbocycles. The summed E-state index contributed by atoms with van der Waals surface area (Å²) in [6.07, 6.45) is 1.01. The average Bonchev–Trinajstić information content (AvgIpc) is 1.98. The van der Waals surface area contributed by atoms with Crippen LogP contribution in [-0.2, 0) is 4.79 Å². The summed E-state index contributed by atoms with van der Waals surface area (Å²) >= 11 is 0. The monoisotopic (exact) mass is 189 g/mol. The van der Waals surface area contributed by atoms with Crippen molar-refractivity contribution in [1.82, 2.24) is 0 Å². The molecule has 0 aromatic heterocycles. The number of carbonyl (C=O) groups excluding carboxylic acids is 1. The highest BCUT2D eigenvalue weighted by Crippen LogP contribution is 2.08. The molecule has 0 rings (SSSR count). The Morgan fingerprint density at radius 3 is 1.92 bits per heavy atom. The third-order valence-corrected chi connectivity index (χ3v) is 1.96. The van der Waals surface area contributed by atoms with E-state index in [1.165, 1.54) is 0 Å². The standard InChI is InChI=1S/C7H19N5O/c1-2-6(8,9)4-3-5(13)7(10,11)12/h2-4,8-12H2,1H3. The Bertz CT molecular complexity index is 184. The fraction of sp³-hybridized carbons (Fsp3) is 0.857. The van der Waals surface area contributed by atoms with Gasteiger partial charge in [0.15, 0.2) is 11.6 Å². The maximum Gasteiger partial charge on any atom is 0.182 e. The first kappa shape index (κ1) is 12.5. The summed E-state index contributed by atoms with van der Waals surface area (Å²) in [5.41, 5.74) is 25.9. The molecule has 13 heavy (non-hydrogen) atoms. The molecule has 0 saturated carbocycles. The Balaban J connectivity index is 3.98. The van der Waals surface area contributed by atoms with Crippen LogP contribution < -0.4 is 28.7 Å². The smallest absolute Gasteiger partial charge is 0.182 e. The van der Waals surface area contributed by atoms with Crippen LogP contribution >= 0.6 is 0 Å². The van der Waals surface area contributed by atoms with Crippen molar-refractivity contribution in [2.75, 3.05) is 0 Å². The minimum absolute atomic E-state index is 0.102. The second kappa shape index (κ2) is 4.12. The molecule has 78 valence electrons. The molecule has 0 radical (unpaired) electrons. The van der Waals surface area contributed by atoms with Crippen molar-refractivity contribution in [3.63, 3.8) is 0 Å². The lowest BCUT2D eigenvalue weighted by atomic mass is 9.99. The predicted molar refractivity (Wildman–Crippen MR) is 50.9 cm³/mol. The summed E-state index contributed by atoms with van der Waals surface area (Å²) in [4.78, 5) is 11.1. The van der Waals surface area contributed by atoms with Crippen molar-refractivity contribution in [1.29, 1.82) is 0 Å². The van der Waals surface area contributed by atoms with Crippen molar-refractivity contribution in [3.05, 3.63) is 0 Å². The summed E-state index contributed by atoms with van der Waals surface area (Å²) < 4.78 is 0. The van der Waals surface area contributed by atoms with Gasteiger partial charge in [-0.05, 0) is 12.8 Å². The predicted octanol–water partition coefficient (Wildman–Crippen LogP) is -2.11. The third-order valence-electron chi connectivity index (χ3n) is 1.96. The highest BCUT2D eigenvalue weighted by atomic mass is 16.1. The molecule has 0 unspecified atom stereocenters. The van der Waals surface area contributed by atoms with Crippen LogP contribution in [0.4, 0.5) is 0 Å². The summed E-state index contributed by atoms with van der Waals surface area (Å²) in [7, 11) is 0. The van der Waals surface area contributed by atoms with Gasteiger partial charge in [0.2, 0.25) is 0 Å². The van der Waals surface area contributed by atoms with Crippen molar-refractivity contribution in [2.45, 2.75) is 37.6 Å². The Hall–Kier alpha value is -0.530. The van der Waals surface area contributed by atoms with E-state index >= 15 is 0 Å². The SMILES string of the molecule is CCC(N)(N)CCC(=O)C(N)(N)N. The molecular formula is C7H19N5O. The first-order chi connectivity index (χ1) is 5.69. The van der Waals surface area contributed by atoms with E-state index in [1.54, 1.807) is 0 Å². The Kier molecular flexibility index (Phi) is 3.95. The van der Waals surface area contributed by atoms with Crippen molar-refractivity contribution in [3.8, 4) is 0 Å². The number of Topliss-reactive ketones (excluding diaryl/α,β-unsaturated/α-hetero) is 1. The molecule has 6 heteroatoms. The zero-order valence-electron chi connectivity index (χ0n) is 7.92. The molecule has 0 spiro atoms. The number of ketones is 1. The third kappa shape index (κ3) is 4.91. The van der Waals surface area contributed by atoms with Crippen molar-refractivity contribution >= 4 is 5.78 Å². The number of hydrogen-bond acceptors (Lipinski definition) is 6. The van der Waals surface area contributed by atoms with Gasteiger partial charge < -0.3 is 11.5 Å². The van der Waals surface area contributed by atoms with Gasteiger partial charge in [-0.1, -0.05) is 6.92 Å². The second-order valence-corrected chi connectivity index (χ2v) is 3.44. The van der Waals surface area contributed by atoms with Crippen LogP contribution in [0.25, 0.3) is 0 Å². The van der Waals surface area contributed by atoms with Gasteiger partial charge in [0, 0.05) is 6.42 Å². The normalized spacial score (nSPS) is 13.1. The Morgan fingerprint density at radius 1 is 1.15 bits per heavy atom. The lowest BCUT2D eigenvalue weighted by Crippen LogP contribution is -2.64. The first-order valence-electron chi connectivity index (χ1n) is 4.17. The average molecular weight is 189 g/mol. The maximum atomic E-state index is 11.1. The van der Waals surface area contributed by atoms with Gasteiger partial charge in [0.25, 0.3) is 0 Å². The molecular weight excluding hydrogens is 170 g/mol. The highest BCUT2D eigenvalue weighted by molar-refractivity contribution is 5.86. The molecule has 0 aliphatic rings. The number of rotatable bonds is 5. The van der Waals surface area contributed by atoms with Gasteiger partial charge in [0.1, 0.15) is 0 Å². The van der Waals surface area contributed by atoms with Gasteiger partial charge in [-0.15, -0.1) is 0 Å². The maximum absolute atomic E-state index is 11.1. The Morgan fingerprint density at radius 2 is 1.62 bits per heavy atom.